The van der Waals surface area contributed by atoms with Gasteiger partial charge in [-0.2, -0.15) is 0 Å². The average molecular weight is 128 g/mol. The van der Waals surface area contributed by atoms with Gasteiger partial charge in [0.2, 0.25) is 5.91 Å². The van der Waals surface area contributed by atoms with E-state index in [0.29, 0.717) is 0 Å². The molecule has 1 aliphatic rings. The third kappa shape index (κ3) is 1.21. The molecule has 1 atom stereocenters. The highest BCUT2D eigenvalue weighted by molar-refractivity contribution is 5.81. The minimum atomic E-state index is -0.315. The molecular weight excluding hydrogens is 116 g/mol. The molecule has 2 N–H and O–H groups in total. The summed E-state index contributed by atoms with van der Waals surface area (Å²) >= 11 is 0. The maximum Gasteiger partial charge on any atom is 0.239 e. The monoisotopic (exact) mass is 128 g/mol. The Labute approximate surface area is 54.8 Å². The van der Waals surface area contributed by atoms with Crippen molar-refractivity contribution >= 4 is 5.91 Å². The van der Waals surface area contributed by atoms with E-state index in [9.17, 15) is 4.79 Å². The highest BCUT2D eigenvalue weighted by Gasteiger charge is 2.22. The van der Waals surface area contributed by atoms with Crippen molar-refractivity contribution < 1.29 is 4.79 Å². The van der Waals surface area contributed by atoms with Crippen LogP contribution in [-0.4, -0.2) is 29.9 Å². The fourth-order valence-corrected chi connectivity index (χ4v) is 0.825. The number of carbonyl (C=O) groups is 1. The smallest absolute Gasteiger partial charge is 0.239 e. The van der Waals surface area contributed by atoms with E-state index in [1.54, 1.807) is 11.8 Å². The third-order valence-electron chi connectivity index (χ3n) is 1.56. The lowest BCUT2D eigenvalue weighted by Crippen LogP contribution is -2.48. The molecule has 1 heterocycles. The predicted octanol–water partition coefficient (Wildman–Crippen LogP) is -0.434. The summed E-state index contributed by atoms with van der Waals surface area (Å²) in [4.78, 5) is 12.7. The zero-order valence-corrected chi connectivity index (χ0v) is 5.63. The van der Waals surface area contributed by atoms with Gasteiger partial charge in [-0.1, -0.05) is 0 Å². The molecular formula is C6H12N2O. The number of nitrogens with zero attached hydrogens (tertiary/aromatic N) is 1. The molecule has 0 radical (unpaired) electrons. The van der Waals surface area contributed by atoms with E-state index in [4.69, 9.17) is 5.73 Å². The van der Waals surface area contributed by atoms with Gasteiger partial charge in [-0.25, -0.2) is 0 Å². The van der Waals surface area contributed by atoms with Gasteiger partial charge >= 0.3 is 0 Å². The summed E-state index contributed by atoms with van der Waals surface area (Å²) in [5.41, 5.74) is 5.36. The molecule has 0 spiro atoms. The lowest BCUT2D eigenvalue weighted by Gasteiger charge is -2.32. The lowest BCUT2D eigenvalue weighted by atomic mass is 10.2. The number of hydrogen-bond acceptors (Lipinski definition) is 2. The van der Waals surface area contributed by atoms with Crippen LogP contribution in [0.25, 0.3) is 0 Å². The largest absolute Gasteiger partial charge is 0.341 e. The van der Waals surface area contributed by atoms with Crippen molar-refractivity contribution in [3.8, 4) is 0 Å². The quantitative estimate of drug-likeness (QED) is 0.520. The van der Waals surface area contributed by atoms with Crippen LogP contribution >= 0.6 is 0 Å². The van der Waals surface area contributed by atoms with Crippen molar-refractivity contribution in [2.45, 2.75) is 19.4 Å². The molecule has 1 aliphatic heterocycles. The van der Waals surface area contributed by atoms with Gasteiger partial charge in [-0.3, -0.25) is 4.79 Å². The first-order valence-electron chi connectivity index (χ1n) is 3.26. The van der Waals surface area contributed by atoms with Crippen molar-refractivity contribution in [1.82, 2.24) is 4.90 Å². The van der Waals surface area contributed by atoms with Gasteiger partial charge in [-0.15, -0.1) is 0 Å². The van der Waals surface area contributed by atoms with E-state index < -0.39 is 0 Å². The molecule has 0 aliphatic carbocycles. The van der Waals surface area contributed by atoms with Gasteiger partial charge in [0.05, 0.1) is 6.04 Å². The summed E-state index contributed by atoms with van der Waals surface area (Å²) < 4.78 is 0. The van der Waals surface area contributed by atoms with Gasteiger partial charge in [0.1, 0.15) is 0 Å². The van der Waals surface area contributed by atoms with Crippen molar-refractivity contribution in [3.05, 3.63) is 0 Å². The Bertz CT molecular complexity index is 118. The average Bonchev–Trinajstić information content (AvgIpc) is 1.60. The second-order valence-electron chi connectivity index (χ2n) is 2.47. The van der Waals surface area contributed by atoms with Gasteiger partial charge in [0.25, 0.3) is 0 Å². The molecule has 9 heavy (non-hydrogen) atoms. The number of rotatable bonds is 1. The van der Waals surface area contributed by atoms with Crippen LogP contribution in [0.15, 0.2) is 0 Å². The topological polar surface area (TPSA) is 46.3 Å². The molecule has 0 aromatic rings. The first-order chi connectivity index (χ1) is 4.22. The van der Waals surface area contributed by atoms with Crippen LogP contribution in [0.2, 0.25) is 0 Å². The Morgan fingerprint density at radius 2 is 2.22 bits per heavy atom. The van der Waals surface area contributed by atoms with Crippen LogP contribution in [0.3, 0.4) is 0 Å². The Hall–Kier alpha value is -0.570. The van der Waals surface area contributed by atoms with E-state index in [1.807, 2.05) is 0 Å². The normalized spacial score (nSPS) is 20.9. The van der Waals surface area contributed by atoms with E-state index >= 15 is 0 Å². The van der Waals surface area contributed by atoms with Crippen molar-refractivity contribution in [2.24, 2.45) is 5.73 Å². The molecule has 3 heteroatoms. The molecule has 1 amide bonds. The Morgan fingerprint density at radius 3 is 2.33 bits per heavy atom. The zero-order valence-electron chi connectivity index (χ0n) is 5.63. The molecule has 1 unspecified atom stereocenters. The second kappa shape index (κ2) is 2.35. The Kier molecular flexibility index (Phi) is 1.71. The standard InChI is InChI=1S/C6H12N2O/c1-5(7)6(9)8-3-2-4-8/h5H,2-4,7H2,1H3. The molecule has 0 aromatic carbocycles. The van der Waals surface area contributed by atoms with Crippen molar-refractivity contribution in [1.29, 1.82) is 0 Å². The Morgan fingerprint density at radius 1 is 1.67 bits per heavy atom. The predicted molar refractivity (Wildman–Crippen MR) is 34.8 cm³/mol. The molecule has 0 saturated carbocycles. The zero-order chi connectivity index (χ0) is 6.85. The number of carbonyl (C=O) groups excluding carboxylic acids is 1. The van der Waals surface area contributed by atoms with Gasteiger partial charge < -0.3 is 10.6 Å². The van der Waals surface area contributed by atoms with Crippen LogP contribution in [0.5, 0.6) is 0 Å². The minimum absolute atomic E-state index is 0.0845. The highest BCUT2D eigenvalue weighted by atomic mass is 16.2. The summed E-state index contributed by atoms with van der Waals surface area (Å²) in [7, 11) is 0. The fourth-order valence-electron chi connectivity index (χ4n) is 0.825. The van der Waals surface area contributed by atoms with Gasteiger partial charge in [-0.05, 0) is 13.3 Å². The number of likely N-dealkylation sites (tertiary alicyclic amines) is 1. The minimum Gasteiger partial charge on any atom is -0.341 e. The fraction of sp³-hybridized carbons (Fsp3) is 0.833. The summed E-state index contributed by atoms with van der Waals surface area (Å²) in [6.07, 6.45) is 1.14. The van der Waals surface area contributed by atoms with Crippen LogP contribution < -0.4 is 5.73 Å². The molecule has 0 bridgehead atoms. The number of nitrogens with two attached hydrogens (primary N) is 1. The van der Waals surface area contributed by atoms with Crippen LogP contribution in [0, 0.1) is 0 Å². The summed E-state index contributed by atoms with van der Waals surface area (Å²) in [6.45, 7) is 3.53. The number of amides is 1. The lowest BCUT2D eigenvalue weighted by molar-refractivity contribution is -0.135. The van der Waals surface area contributed by atoms with E-state index in [2.05, 4.69) is 0 Å². The highest BCUT2D eigenvalue weighted by Crippen LogP contribution is 2.06. The molecule has 1 rings (SSSR count). The van der Waals surface area contributed by atoms with Crippen LogP contribution in [-0.2, 0) is 4.79 Å². The van der Waals surface area contributed by atoms with Crippen LogP contribution in [0.1, 0.15) is 13.3 Å². The van der Waals surface area contributed by atoms with Crippen molar-refractivity contribution in [3.63, 3.8) is 0 Å². The SMILES string of the molecule is CC(N)C(=O)N1CCC1. The maximum atomic E-state index is 10.9. The van der Waals surface area contributed by atoms with E-state index in [-0.39, 0.29) is 11.9 Å². The molecule has 3 nitrogen and oxygen atoms in total. The van der Waals surface area contributed by atoms with Crippen molar-refractivity contribution in [2.75, 3.05) is 13.1 Å². The summed E-state index contributed by atoms with van der Waals surface area (Å²) in [6, 6.07) is -0.315. The summed E-state index contributed by atoms with van der Waals surface area (Å²) in [5, 5.41) is 0. The van der Waals surface area contributed by atoms with Gasteiger partial charge in [0, 0.05) is 13.1 Å². The van der Waals surface area contributed by atoms with Crippen LogP contribution in [0.4, 0.5) is 0 Å². The van der Waals surface area contributed by atoms with E-state index in [0.717, 1.165) is 19.5 Å². The second-order valence-corrected chi connectivity index (χ2v) is 2.47. The first-order valence-corrected chi connectivity index (χ1v) is 3.26. The third-order valence-corrected chi connectivity index (χ3v) is 1.56. The summed E-state index contributed by atoms with van der Waals surface area (Å²) in [5.74, 6) is 0.0845. The first kappa shape index (κ1) is 6.55. The molecule has 1 fully saturated rings. The Balaban J connectivity index is 2.32. The van der Waals surface area contributed by atoms with Gasteiger partial charge in [0.15, 0.2) is 0 Å². The van der Waals surface area contributed by atoms with E-state index in [1.165, 1.54) is 0 Å². The molecule has 1 saturated heterocycles. The molecule has 52 valence electrons. The molecule has 0 aromatic heterocycles. The maximum absolute atomic E-state index is 10.9. The number of hydrogen-bond donors (Lipinski definition) is 1.